The first-order chi connectivity index (χ1) is 10.2. The van der Waals surface area contributed by atoms with Crippen LogP contribution < -0.4 is 15.4 Å². The van der Waals surface area contributed by atoms with E-state index in [1.807, 2.05) is 12.1 Å². The summed E-state index contributed by atoms with van der Waals surface area (Å²) in [7, 11) is 1.69. The van der Waals surface area contributed by atoms with E-state index in [-0.39, 0.29) is 6.04 Å². The Bertz CT molecular complexity index is 644. The van der Waals surface area contributed by atoms with Crippen molar-refractivity contribution in [1.29, 1.82) is 0 Å². The lowest BCUT2D eigenvalue weighted by molar-refractivity contribution is 0.413. The second-order valence-electron chi connectivity index (χ2n) is 5.21. The molecular formula is C17H19BrN2O. The number of ether oxygens (including phenoxy) is 1. The van der Waals surface area contributed by atoms with Gasteiger partial charge in [-0.3, -0.25) is 0 Å². The van der Waals surface area contributed by atoms with Gasteiger partial charge in [-0.25, -0.2) is 0 Å². The number of fused-ring (bicyclic) bond motifs is 1. The molecule has 4 heteroatoms. The van der Waals surface area contributed by atoms with Gasteiger partial charge in [-0.2, -0.15) is 0 Å². The third-order valence-electron chi connectivity index (χ3n) is 4.08. The summed E-state index contributed by atoms with van der Waals surface area (Å²) in [5, 5.41) is 0. The summed E-state index contributed by atoms with van der Waals surface area (Å²) in [6.07, 6.45) is 1.08. The molecule has 21 heavy (non-hydrogen) atoms. The highest BCUT2D eigenvalue weighted by Gasteiger charge is 2.27. The van der Waals surface area contributed by atoms with Gasteiger partial charge < -0.3 is 15.4 Å². The average molecular weight is 347 g/mol. The number of para-hydroxylation sites is 1. The van der Waals surface area contributed by atoms with Crippen molar-refractivity contribution < 1.29 is 4.74 Å². The standard InChI is InChI=1S/C17H19BrN2O/c1-21-13-6-7-15(18)14(10-13)17(11-19)20-9-8-12-4-2-3-5-16(12)20/h2-7,10,17H,8-9,11,19H2,1H3. The highest BCUT2D eigenvalue weighted by atomic mass is 79.9. The van der Waals surface area contributed by atoms with Gasteiger partial charge in [0.2, 0.25) is 0 Å². The minimum atomic E-state index is 0.151. The Morgan fingerprint density at radius 3 is 2.86 bits per heavy atom. The van der Waals surface area contributed by atoms with Gasteiger partial charge in [0.25, 0.3) is 0 Å². The molecule has 0 aliphatic carbocycles. The maximum atomic E-state index is 6.10. The van der Waals surface area contributed by atoms with Gasteiger partial charge in [0.1, 0.15) is 5.75 Å². The van der Waals surface area contributed by atoms with Gasteiger partial charge in [0.15, 0.2) is 0 Å². The van der Waals surface area contributed by atoms with Crippen LogP contribution in [-0.4, -0.2) is 20.2 Å². The molecular weight excluding hydrogens is 328 g/mol. The predicted octanol–water partition coefficient (Wildman–Crippen LogP) is 3.52. The van der Waals surface area contributed by atoms with Crippen molar-refractivity contribution in [1.82, 2.24) is 0 Å². The van der Waals surface area contributed by atoms with Crippen LogP contribution in [0.4, 0.5) is 5.69 Å². The Kier molecular flexibility index (Phi) is 4.17. The molecule has 2 aromatic rings. The van der Waals surface area contributed by atoms with Crippen LogP contribution in [0.25, 0.3) is 0 Å². The fourth-order valence-corrected chi connectivity index (χ4v) is 3.52. The van der Waals surface area contributed by atoms with Crippen molar-refractivity contribution in [3.63, 3.8) is 0 Å². The first kappa shape index (κ1) is 14.4. The Morgan fingerprint density at radius 2 is 2.10 bits per heavy atom. The Hall–Kier alpha value is -1.52. The number of rotatable bonds is 4. The summed E-state index contributed by atoms with van der Waals surface area (Å²) in [6, 6.07) is 14.8. The fourth-order valence-electron chi connectivity index (χ4n) is 3.01. The second kappa shape index (κ2) is 6.08. The lowest BCUT2D eigenvalue weighted by atomic mass is 10.0. The van der Waals surface area contributed by atoms with E-state index >= 15 is 0 Å². The van der Waals surface area contributed by atoms with E-state index in [9.17, 15) is 0 Å². The SMILES string of the molecule is COc1ccc(Br)c(C(CN)N2CCc3ccccc32)c1. The summed E-state index contributed by atoms with van der Waals surface area (Å²) in [5.41, 5.74) is 9.97. The zero-order valence-electron chi connectivity index (χ0n) is 12.1. The van der Waals surface area contributed by atoms with E-state index in [4.69, 9.17) is 10.5 Å². The van der Waals surface area contributed by atoms with Crippen molar-refractivity contribution in [3.8, 4) is 5.75 Å². The summed E-state index contributed by atoms with van der Waals surface area (Å²) < 4.78 is 6.43. The Morgan fingerprint density at radius 1 is 1.29 bits per heavy atom. The second-order valence-corrected chi connectivity index (χ2v) is 6.07. The lowest BCUT2D eigenvalue weighted by Gasteiger charge is -2.30. The van der Waals surface area contributed by atoms with Crippen LogP contribution in [0.1, 0.15) is 17.2 Å². The molecule has 1 aliphatic heterocycles. The highest BCUT2D eigenvalue weighted by molar-refractivity contribution is 9.10. The van der Waals surface area contributed by atoms with Crippen LogP contribution in [-0.2, 0) is 6.42 Å². The molecule has 2 aromatic carbocycles. The smallest absolute Gasteiger partial charge is 0.119 e. The molecule has 0 saturated carbocycles. The van der Waals surface area contributed by atoms with Gasteiger partial charge in [0, 0.05) is 23.2 Å². The summed E-state index contributed by atoms with van der Waals surface area (Å²) in [4.78, 5) is 2.40. The molecule has 110 valence electrons. The number of nitrogens with zero attached hydrogens (tertiary/aromatic N) is 1. The first-order valence-electron chi connectivity index (χ1n) is 7.12. The number of methoxy groups -OCH3 is 1. The average Bonchev–Trinajstić information content (AvgIpc) is 2.94. The monoisotopic (exact) mass is 346 g/mol. The zero-order valence-corrected chi connectivity index (χ0v) is 13.6. The number of halogens is 1. The van der Waals surface area contributed by atoms with Crippen LogP contribution in [0, 0.1) is 0 Å². The van der Waals surface area contributed by atoms with Crippen molar-refractivity contribution in [2.75, 3.05) is 25.1 Å². The molecule has 0 radical (unpaired) electrons. The lowest BCUT2D eigenvalue weighted by Crippen LogP contribution is -2.32. The molecule has 0 saturated heterocycles. The molecule has 1 heterocycles. The molecule has 3 rings (SSSR count). The Balaban J connectivity index is 2.00. The number of nitrogens with two attached hydrogens (primary N) is 1. The van der Waals surface area contributed by atoms with Gasteiger partial charge in [-0.05, 0) is 41.8 Å². The van der Waals surface area contributed by atoms with E-state index in [1.165, 1.54) is 16.8 Å². The van der Waals surface area contributed by atoms with Crippen molar-refractivity contribution in [2.45, 2.75) is 12.5 Å². The van der Waals surface area contributed by atoms with Crippen LogP contribution >= 0.6 is 15.9 Å². The maximum Gasteiger partial charge on any atom is 0.119 e. The van der Waals surface area contributed by atoms with E-state index in [2.05, 4.69) is 51.2 Å². The molecule has 2 N–H and O–H groups in total. The molecule has 1 aliphatic rings. The van der Waals surface area contributed by atoms with Crippen LogP contribution in [0.5, 0.6) is 5.75 Å². The number of anilines is 1. The van der Waals surface area contributed by atoms with E-state index < -0.39 is 0 Å². The van der Waals surface area contributed by atoms with Crippen molar-refractivity contribution >= 4 is 21.6 Å². The molecule has 0 fully saturated rings. The molecule has 0 amide bonds. The number of hydrogen-bond acceptors (Lipinski definition) is 3. The quantitative estimate of drug-likeness (QED) is 0.920. The number of benzene rings is 2. The predicted molar refractivity (Wildman–Crippen MR) is 90.0 cm³/mol. The molecule has 0 aromatic heterocycles. The summed E-state index contributed by atoms with van der Waals surface area (Å²) in [5.74, 6) is 0.860. The fraction of sp³-hybridized carbons (Fsp3) is 0.294. The largest absolute Gasteiger partial charge is 0.497 e. The van der Waals surface area contributed by atoms with E-state index in [0.717, 1.165) is 23.2 Å². The summed E-state index contributed by atoms with van der Waals surface area (Å²) in [6.45, 7) is 1.57. The van der Waals surface area contributed by atoms with E-state index in [0.29, 0.717) is 6.54 Å². The van der Waals surface area contributed by atoms with Crippen molar-refractivity contribution in [2.24, 2.45) is 5.73 Å². The Labute approximate surface area is 133 Å². The molecule has 1 atom stereocenters. The molecule has 0 bridgehead atoms. The molecule has 1 unspecified atom stereocenters. The summed E-state index contributed by atoms with van der Waals surface area (Å²) >= 11 is 3.65. The van der Waals surface area contributed by atoms with Gasteiger partial charge in [0.05, 0.1) is 13.2 Å². The van der Waals surface area contributed by atoms with Crippen LogP contribution in [0.3, 0.4) is 0 Å². The van der Waals surface area contributed by atoms with Gasteiger partial charge in [-0.1, -0.05) is 34.1 Å². The molecule has 0 spiro atoms. The highest BCUT2D eigenvalue weighted by Crippen LogP contribution is 2.37. The van der Waals surface area contributed by atoms with Crippen LogP contribution in [0.15, 0.2) is 46.9 Å². The third kappa shape index (κ3) is 2.65. The topological polar surface area (TPSA) is 38.5 Å². The van der Waals surface area contributed by atoms with E-state index in [1.54, 1.807) is 7.11 Å². The number of hydrogen-bond donors (Lipinski definition) is 1. The third-order valence-corrected chi connectivity index (χ3v) is 4.81. The first-order valence-corrected chi connectivity index (χ1v) is 7.92. The van der Waals surface area contributed by atoms with Gasteiger partial charge in [-0.15, -0.1) is 0 Å². The maximum absolute atomic E-state index is 6.10. The minimum Gasteiger partial charge on any atom is -0.497 e. The van der Waals surface area contributed by atoms with Crippen LogP contribution in [0.2, 0.25) is 0 Å². The normalized spacial score (nSPS) is 14.9. The minimum absolute atomic E-state index is 0.151. The van der Waals surface area contributed by atoms with Crippen molar-refractivity contribution in [3.05, 3.63) is 58.1 Å². The van der Waals surface area contributed by atoms with Gasteiger partial charge >= 0.3 is 0 Å². The zero-order chi connectivity index (χ0) is 14.8. The molecule has 3 nitrogen and oxygen atoms in total.